The summed E-state index contributed by atoms with van der Waals surface area (Å²) in [5, 5.41) is 11.4. The first kappa shape index (κ1) is 21.5. The van der Waals surface area contributed by atoms with E-state index in [0.717, 1.165) is 30.1 Å². The zero-order valence-corrected chi connectivity index (χ0v) is 20.6. The van der Waals surface area contributed by atoms with E-state index < -0.39 is 0 Å². The van der Waals surface area contributed by atoms with Gasteiger partial charge in [0.15, 0.2) is 0 Å². The fourth-order valence-electron chi connectivity index (χ4n) is 10.5. The van der Waals surface area contributed by atoms with Crippen LogP contribution in [0.1, 0.15) is 112 Å². The van der Waals surface area contributed by atoms with Crippen molar-refractivity contribution in [2.24, 2.45) is 51.8 Å². The van der Waals surface area contributed by atoms with Gasteiger partial charge in [0.25, 0.3) is 0 Å². The van der Waals surface area contributed by atoms with E-state index in [0.29, 0.717) is 28.1 Å². The molecule has 0 saturated heterocycles. The molecule has 0 amide bonds. The fraction of sp³-hybridized carbons (Fsp3) is 0.931. The summed E-state index contributed by atoms with van der Waals surface area (Å²) >= 11 is 0. The summed E-state index contributed by atoms with van der Waals surface area (Å²) in [6.45, 7) is 12.7. The molecule has 2 unspecified atom stereocenters. The zero-order chi connectivity index (χ0) is 21.3. The van der Waals surface area contributed by atoms with E-state index in [9.17, 15) is 5.11 Å². The van der Waals surface area contributed by atoms with Gasteiger partial charge in [0.1, 0.15) is 0 Å². The Labute approximate surface area is 186 Å². The molecule has 1 nitrogen and oxygen atoms in total. The molecule has 0 aromatic heterocycles. The van der Waals surface area contributed by atoms with Crippen LogP contribution < -0.4 is 0 Å². The van der Waals surface area contributed by atoms with E-state index in [1.165, 1.54) is 70.6 Å². The standard InChI is InChI=1S/C29H48O/c1-19(17-20-9-6-7-10-20)26-24(30)18-23-21-11-12-25-27(2,3)14-8-15-28(25,4)22(21)13-16-29(23,26)5/h12,19-24,26,30H,6-11,13-18H2,1-5H3/t19?,21-,22+,23+,24?,26+,28-,29+/m1/s1. The Hall–Kier alpha value is -0.300. The lowest BCUT2D eigenvalue weighted by molar-refractivity contribution is -0.0636. The largest absolute Gasteiger partial charge is 0.393 e. The summed E-state index contributed by atoms with van der Waals surface area (Å²) in [6, 6.07) is 0. The maximum atomic E-state index is 11.4. The van der Waals surface area contributed by atoms with E-state index in [1.807, 2.05) is 0 Å². The molecular weight excluding hydrogens is 364 g/mol. The van der Waals surface area contributed by atoms with Crippen LogP contribution >= 0.6 is 0 Å². The van der Waals surface area contributed by atoms with Gasteiger partial charge in [-0.3, -0.25) is 0 Å². The van der Waals surface area contributed by atoms with Crippen molar-refractivity contribution in [1.29, 1.82) is 0 Å². The summed E-state index contributed by atoms with van der Waals surface area (Å²) in [4.78, 5) is 0. The number of rotatable bonds is 3. The molecule has 0 aliphatic heterocycles. The molecule has 0 aromatic rings. The average molecular weight is 413 g/mol. The Morgan fingerprint density at radius 1 is 0.967 bits per heavy atom. The Balaban J connectivity index is 1.41. The van der Waals surface area contributed by atoms with E-state index in [-0.39, 0.29) is 6.10 Å². The number of fused-ring (bicyclic) bond motifs is 5. The molecule has 0 radical (unpaired) electrons. The van der Waals surface area contributed by atoms with Gasteiger partial charge < -0.3 is 5.11 Å². The van der Waals surface area contributed by atoms with Gasteiger partial charge in [-0.25, -0.2) is 0 Å². The third kappa shape index (κ3) is 3.11. The summed E-state index contributed by atoms with van der Waals surface area (Å²) in [5.74, 6) is 4.56. The minimum Gasteiger partial charge on any atom is -0.393 e. The highest BCUT2D eigenvalue weighted by atomic mass is 16.3. The van der Waals surface area contributed by atoms with Crippen molar-refractivity contribution >= 4 is 0 Å². The molecule has 1 N–H and O–H groups in total. The van der Waals surface area contributed by atoms with Crippen LogP contribution in [0.15, 0.2) is 11.6 Å². The molecule has 0 aromatic carbocycles. The van der Waals surface area contributed by atoms with Crippen molar-refractivity contribution < 1.29 is 5.11 Å². The van der Waals surface area contributed by atoms with E-state index in [2.05, 4.69) is 40.7 Å². The maximum Gasteiger partial charge on any atom is 0.0579 e. The predicted molar refractivity (Wildman–Crippen MR) is 126 cm³/mol. The minimum absolute atomic E-state index is 0.0591. The highest BCUT2D eigenvalue weighted by Gasteiger charge is 2.62. The molecule has 5 aliphatic rings. The van der Waals surface area contributed by atoms with Crippen LogP contribution in [-0.2, 0) is 0 Å². The van der Waals surface area contributed by atoms with E-state index in [1.54, 1.807) is 5.57 Å². The van der Waals surface area contributed by atoms with Crippen LogP contribution in [0, 0.1) is 51.8 Å². The second-order valence-corrected chi connectivity index (χ2v) is 13.6. The fourth-order valence-corrected chi connectivity index (χ4v) is 10.5. The summed E-state index contributed by atoms with van der Waals surface area (Å²) in [6.07, 6.45) is 19.1. The minimum atomic E-state index is -0.0591. The third-order valence-corrected chi connectivity index (χ3v) is 11.6. The van der Waals surface area contributed by atoms with Gasteiger partial charge in [-0.1, -0.05) is 78.4 Å². The Morgan fingerprint density at radius 3 is 2.43 bits per heavy atom. The molecule has 5 rings (SSSR count). The molecular formula is C29H48O. The smallest absolute Gasteiger partial charge is 0.0579 e. The molecule has 0 heterocycles. The Morgan fingerprint density at radius 2 is 1.70 bits per heavy atom. The summed E-state index contributed by atoms with van der Waals surface area (Å²) in [7, 11) is 0. The van der Waals surface area contributed by atoms with Crippen molar-refractivity contribution in [3.05, 3.63) is 11.6 Å². The molecule has 0 bridgehead atoms. The highest BCUT2D eigenvalue weighted by Crippen LogP contribution is 2.69. The SMILES string of the molecule is CC(CC1CCCC1)[C@H]1C(O)C[C@H]2[C@@H]3CC=C4C(C)(C)CCC[C@]4(C)[C@H]3CC[C@]12C. The highest BCUT2D eigenvalue weighted by molar-refractivity contribution is 5.29. The third-order valence-electron chi connectivity index (χ3n) is 11.6. The van der Waals surface area contributed by atoms with Crippen molar-refractivity contribution in [3.63, 3.8) is 0 Å². The van der Waals surface area contributed by atoms with E-state index in [4.69, 9.17) is 0 Å². The quantitative estimate of drug-likeness (QED) is 0.469. The van der Waals surface area contributed by atoms with Crippen LogP contribution in [0.3, 0.4) is 0 Å². The second kappa shape index (κ2) is 7.36. The van der Waals surface area contributed by atoms with Crippen molar-refractivity contribution in [3.8, 4) is 0 Å². The molecule has 8 atom stereocenters. The maximum absolute atomic E-state index is 11.4. The summed E-state index contributed by atoms with van der Waals surface area (Å²) in [5.41, 5.74) is 2.98. The predicted octanol–water partition coefficient (Wildman–Crippen LogP) is 7.78. The van der Waals surface area contributed by atoms with Crippen molar-refractivity contribution in [2.45, 2.75) is 118 Å². The number of aliphatic hydroxyl groups is 1. The van der Waals surface area contributed by atoms with Gasteiger partial charge in [0, 0.05) is 0 Å². The second-order valence-electron chi connectivity index (χ2n) is 13.6. The first-order valence-electron chi connectivity index (χ1n) is 13.6. The topological polar surface area (TPSA) is 20.2 Å². The first-order chi connectivity index (χ1) is 14.2. The van der Waals surface area contributed by atoms with E-state index >= 15 is 0 Å². The number of hydrogen-bond donors (Lipinski definition) is 1. The zero-order valence-electron chi connectivity index (χ0n) is 20.6. The Bertz CT molecular complexity index is 684. The van der Waals surface area contributed by atoms with Gasteiger partial charge in [-0.05, 0) is 96.7 Å². The normalized spacial score (nSPS) is 49.1. The van der Waals surface area contributed by atoms with Gasteiger partial charge >= 0.3 is 0 Å². The van der Waals surface area contributed by atoms with Crippen LogP contribution in [0.25, 0.3) is 0 Å². The molecule has 1 heteroatoms. The Kier molecular flexibility index (Phi) is 5.28. The summed E-state index contributed by atoms with van der Waals surface area (Å²) < 4.78 is 0. The molecule has 0 spiro atoms. The lowest BCUT2D eigenvalue weighted by atomic mass is 9.44. The lowest BCUT2D eigenvalue weighted by Crippen LogP contribution is -2.52. The van der Waals surface area contributed by atoms with Crippen LogP contribution in [-0.4, -0.2) is 11.2 Å². The molecule has 30 heavy (non-hydrogen) atoms. The van der Waals surface area contributed by atoms with Gasteiger partial charge in [0.05, 0.1) is 6.10 Å². The van der Waals surface area contributed by atoms with Crippen LogP contribution in [0.5, 0.6) is 0 Å². The molecule has 5 aliphatic carbocycles. The van der Waals surface area contributed by atoms with Gasteiger partial charge in [-0.15, -0.1) is 0 Å². The average Bonchev–Trinajstić information content (AvgIpc) is 3.25. The number of hydrogen-bond acceptors (Lipinski definition) is 1. The molecule has 4 saturated carbocycles. The van der Waals surface area contributed by atoms with Crippen molar-refractivity contribution in [2.75, 3.05) is 0 Å². The lowest BCUT2D eigenvalue weighted by Gasteiger charge is -2.60. The molecule has 4 fully saturated rings. The first-order valence-corrected chi connectivity index (χ1v) is 13.6. The molecule has 170 valence electrons. The van der Waals surface area contributed by atoms with Gasteiger partial charge in [-0.2, -0.15) is 0 Å². The number of allylic oxidation sites excluding steroid dienone is 2. The van der Waals surface area contributed by atoms with Crippen molar-refractivity contribution in [1.82, 2.24) is 0 Å². The van der Waals surface area contributed by atoms with Gasteiger partial charge in [0.2, 0.25) is 0 Å². The monoisotopic (exact) mass is 412 g/mol. The van der Waals surface area contributed by atoms with Crippen LogP contribution in [0.2, 0.25) is 0 Å². The van der Waals surface area contributed by atoms with Crippen LogP contribution in [0.4, 0.5) is 0 Å². The number of aliphatic hydroxyl groups excluding tert-OH is 1.